The molecule has 13 heavy (non-hydrogen) atoms. The molecule has 0 bridgehead atoms. The minimum absolute atomic E-state index is 0.226. The summed E-state index contributed by atoms with van der Waals surface area (Å²) in [6, 6.07) is 4.55. The number of hydrogen-bond donors (Lipinski definition) is 0. The Labute approximate surface area is 76.3 Å². The summed E-state index contributed by atoms with van der Waals surface area (Å²) in [5.74, 6) is 0.508. The first-order valence-corrected chi connectivity index (χ1v) is 4.23. The molecule has 1 atom stereocenters. The largest absolute Gasteiger partial charge is 0.496 e. The third-order valence-corrected chi connectivity index (χ3v) is 2.09. The minimum atomic E-state index is -0.226. The van der Waals surface area contributed by atoms with Crippen LogP contribution in [-0.4, -0.2) is 19.8 Å². The zero-order chi connectivity index (χ0) is 9.26. The summed E-state index contributed by atoms with van der Waals surface area (Å²) in [5, 5.41) is 0. The van der Waals surface area contributed by atoms with E-state index in [4.69, 9.17) is 9.47 Å². The van der Waals surface area contributed by atoms with Gasteiger partial charge in [0, 0.05) is 6.42 Å². The zero-order valence-electron chi connectivity index (χ0n) is 7.42. The van der Waals surface area contributed by atoms with Gasteiger partial charge in [-0.1, -0.05) is 0 Å². The van der Waals surface area contributed by atoms with Gasteiger partial charge in [-0.25, -0.2) is 4.39 Å². The third-order valence-electron chi connectivity index (χ3n) is 2.09. The van der Waals surface area contributed by atoms with Crippen molar-refractivity contribution in [2.75, 3.05) is 13.7 Å². The molecule has 1 fully saturated rings. The number of hydrogen-bond acceptors (Lipinski definition) is 2. The normalized spacial score (nSPS) is 20.0. The standard InChI is InChI=1S/C10H11FO2/c1-12-10-3-2-8(11)4-7(10)5-9-6-13-9/h2-4,9H,5-6H2,1H3. The summed E-state index contributed by atoms with van der Waals surface area (Å²) in [4.78, 5) is 0. The van der Waals surface area contributed by atoms with Crippen LogP contribution in [0.25, 0.3) is 0 Å². The number of halogens is 1. The highest BCUT2D eigenvalue weighted by molar-refractivity contribution is 5.34. The van der Waals surface area contributed by atoms with Crippen LogP contribution in [0.15, 0.2) is 18.2 Å². The van der Waals surface area contributed by atoms with E-state index >= 15 is 0 Å². The fourth-order valence-electron chi connectivity index (χ4n) is 1.34. The molecule has 1 aromatic carbocycles. The van der Waals surface area contributed by atoms with Gasteiger partial charge >= 0.3 is 0 Å². The zero-order valence-corrected chi connectivity index (χ0v) is 7.42. The second-order valence-electron chi connectivity index (χ2n) is 3.12. The Bertz CT molecular complexity index is 308. The lowest BCUT2D eigenvalue weighted by atomic mass is 10.1. The average Bonchev–Trinajstić information content (AvgIpc) is 2.89. The van der Waals surface area contributed by atoms with Crippen LogP contribution in [-0.2, 0) is 11.2 Å². The molecular weight excluding hydrogens is 171 g/mol. The SMILES string of the molecule is COc1ccc(F)cc1CC1CO1. The van der Waals surface area contributed by atoms with E-state index in [2.05, 4.69) is 0 Å². The minimum Gasteiger partial charge on any atom is -0.496 e. The molecule has 0 N–H and O–H groups in total. The van der Waals surface area contributed by atoms with Crippen molar-refractivity contribution in [1.82, 2.24) is 0 Å². The smallest absolute Gasteiger partial charge is 0.123 e. The highest BCUT2D eigenvalue weighted by Crippen LogP contribution is 2.24. The highest BCUT2D eigenvalue weighted by Gasteiger charge is 2.24. The van der Waals surface area contributed by atoms with Crippen LogP contribution in [0.5, 0.6) is 5.75 Å². The highest BCUT2D eigenvalue weighted by atomic mass is 19.1. The maximum absolute atomic E-state index is 12.9. The molecule has 2 rings (SSSR count). The molecular formula is C10H11FO2. The van der Waals surface area contributed by atoms with Crippen LogP contribution in [0.1, 0.15) is 5.56 Å². The monoisotopic (exact) mass is 182 g/mol. The molecule has 1 aliphatic rings. The van der Waals surface area contributed by atoms with Crippen LogP contribution in [0.2, 0.25) is 0 Å². The summed E-state index contributed by atoms with van der Waals surface area (Å²) in [6.45, 7) is 0.777. The third kappa shape index (κ3) is 1.98. The van der Waals surface area contributed by atoms with E-state index in [1.807, 2.05) is 0 Å². The molecule has 0 saturated carbocycles. The molecule has 1 saturated heterocycles. The lowest BCUT2D eigenvalue weighted by Crippen LogP contribution is -1.97. The van der Waals surface area contributed by atoms with E-state index < -0.39 is 0 Å². The van der Waals surface area contributed by atoms with Gasteiger partial charge in [-0.15, -0.1) is 0 Å². The van der Waals surface area contributed by atoms with Gasteiger partial charge in [0.15, 0.2) is 0 Å². The van der Waals surface area contributed by atoms with Gasteiger partial charge in [0.05, 0.1) is 19.8 Å². The molecule has 0 aliphatic carbocycles. The Hall–Kier alpha value is -1.09. The quantitative estimate of drug-likeness (QED) is 0.664. The van der Waals surface area contributed by atoms with Crippen molar-refractivity contribution < 1.29 is 13.9 Å². The van der Waals surface area contributed by atoms with Crippen LogP contribution < -0.4 is 4.74 Å². The predicted octanol–water partition coefficient (Wildman–Crippen LogP) is 1.78. The lowest BCUT2D eigenvalue weighted by molar-refractivity contribution is 0.389. The Morgan fingerprint density at radius 1 is 1.62 bits per heavy atom. The van der Waals surface area contributed by atoms with Crippen molar-refractivity contribution in [3.63, 3.8) is 0 Å². The van der Waals surface area contributed by atoms with Crippen molar-refractivity contribution >= 4 is 0 Å². The van der Waals surface area contributed by atoms with E-state index in [9.17, 15) is 4.39 Å². The maximum Gasteiger partial charge on any atom is 0.123 e. The van der Waals surface area contributed by atoms with E-state index in [0.717, 1.165) is 24.3 Å². The van der Waals surface area contributed by atoms with Crippen molar-refractivity contribution in [2.24, 2.45) is 0 Å². The fourth-order valence-corrected chi connectivity index (χ4v) is 1.34. The Balaban J connectivity index is 2.22. The molecule has 0 spiro atoms. The molecule has 2 nitrogen and oxygen atoms in total. The van der Waals surface area contributed by atoms with Crippen LogP contribution in [0.4, 0.5) is 4.39 Å². The van der Waals surface area contributed by atoms with Crippen molar-refractivity contribution in [2.45, 2.75) is 12.5 Å². The van der Waals surface area contributed by atoms with Crippen LogP contribution >= 0.6 is 0 Å². The summed E-state index contributed by atoms with van der Waals surface area (Å²) in [6.07, 6.45) is 0.997. The van der Waals surface area contributed by atoms with E-state index in [-0.39, 0.29) is 11.9 Å². The molecule has 1 heterocycles. The van der Waals surface area contributed by atoms with Gasteiger partial charge in [0.2, 0.25) is 0 Å². The van der Waals surface area contributed by atoms with Crippen molar-refractivity contribution in [1.29, 1.82) is 0 Å². The molecule has 70 valence electrons. The van der Waals surface area contributed by atoms with Gasteiger partial charge in [0.1, 0.15) is 11.6 Å². The first kappa shape index (κ1) is 8.51. The molecule has 0 amide bonds. The molecule has 3 heteroatoms. The predicted molar refractivity (Wildman–Crippen MR) is 46.4 cm³/mol. The Kier molecular flexibility index (Phi) is 2.19. The Morgan fingerprint density at radius 3 is 3.00 bits per heavy atom. The first-order chi connectivity index (χ1) is 6.29. The number of methoxy groups -OCH3 is 1. The average molecular weight is 182 g/mol. The van der Waals surface area contributed by atoms with Gasteiger partial charge < -0.3 is 9.47 Å². The second kappa shape index (κ2) is 3.34. The number of ether oxygens (including phenoxy) is 2. The van der Waals surface area contributed by atoms with Gasteiger partial charge in [0.25, 0.3) is 0 Å². The Morgan fingerprint density at radius 2 is 2.38 bits per heavy atom. The van der Waals surface area contributed by atoms with Gasteiger partial charge in [-0.05, 0) is 23.8 Å². The number of epoxide rings is 1. The summed E-state index contributed by atoms with van der Waals surface area (Å²) in [5.41, 5.74) is 0.880. The van der Waals surface area contributed by atoms with Crippen molar-refractivity contribution in [3.8, 4) is 5.75 Å². The lowest BCUT2D eigenvalue weighted by Gasteiger charge is -2.06. The summed E-state index contributed by atoms with van der Waals surface area (Å²) < 4.78 is 23.0. The number of rotatable bonds is 3. The molecule has 1 aliphatic heterocycles. The molecule has 1 aromatic rings. The van der Waals surface area contributed by atoms with E-state index in [1.54, 1.807) is 13.2 Å². The topological polar surface area (TPSA) is 21.8 Å². The van der Waals surface area contributed by atoms with Crippen molar-refractivity contribution in [3.05, 3.63) is 29.6 Å². The summed E-state index contributed by atoms with van der Waals surface area (Å²) >= 11 is 0. The second-order valence-corrected chi connectivity index (χ2v) is 3.12. The first-order valence-electron chi connectivity index (χ1n) is 4.23. The van der Waals surface area contributed by atoms with E-state index in [1.165, 1.54) is 12.1 Å². The molecule has 1 unspecified atom stereocenters. The van der Waals surface area contributed by atoms with E-state index in [0.29, 0.717) is 0 Å². The number of benzene rings is 1. The van der Waals surface area contributed by atoms with Crippen LogP contribution in [0.3, 0.4) is 0 Å². The summed E-state index contributed by atoms with van der Waals surface area (Å²) in [7, 11) is 1.59. The fraction of sp³-hybridized carbons (Fsp3) is 0.400. The van der Waals surface area contributed by atoms with Gasteiger partial charge in [-0.3, -0.25) is 0 Å². The maximum atomic E-state index is 12.9. The molecule has 0 radical (unpaired) electrons. The van der Waals surface area contributed by atoms with Gasteiger partial charge in [-0.2, -0.15) is 0 Å². The molecule has 0 aromatic heterocycles. The van der Waals surface area contributed by atoms with Crippen LogP contribution in [0, 0.1) is 5.82 Å².